The molecule has 0 N–H and O–H groups in total. The van der Waals surface area contributed by atoms with Crippen molar-refractivity contribution in [3.63, 3.8) is 0 Å². The molecule has 0 saturated heterocycles. The summed E-state index contributed by atoms with van der Waals surface area (Å²) in [6.07, 6.45) is 0.693. The number of carbonyl (C=O) groups excluding carboxylic acids is 4. The van der Waals surface area contributed by atoms with Gasteiger partial charge in [-0.3, -0.25) is 19.2 Å². The molecule has 4 fully saturated rings. The first-order valence-electron chi connectivity index (χ1n) is 6.67. The standard InChI is InChI=1S/C14H16O6/c1-19-11(17)13-4-7-3-8(9(13)15)5-14(6-13,10(7)16)12(18)20-2/h7-8H,3-6H2,1-2H3/t7-,8+,13+,14-. The first-order valence-corrected chi connectivity index (χ1v) is 6.67. The van der Waals surface area contributed by atoms with Gasteiger partial charge in [0.05, 0.1) is 14.2 Å². The zero-order valence-corrected chi connectivity index (χ0v) is 11.4. The highest BCUT2D eigenvalue weighted by molar-refractivity contribution is 6.16. The minimum Gasteiger partial charge on any atom is -0.468 e. The third-order valence-electron chi connectivity index (χ3n) is 5.20. The van der Waals surface area contributed by atoms with Crippen molar-refractivity contribution in [2.24, 2.45) is 22.7 Å². The molecule has 0 aromatic heterocycles. The van der Waals surface area contributed by atoms with E-state index in [0.29, 0.717) is 6.42 Å². The van der Waals surface area contributed by atoms with E-state index in [1.54, 1.807) is 0 Å². The summed E-state index contributed by atoms with van der Waals surface area (Å²) in [5.74, 6) is -2.44. The van der Waals surface area contributed by atoms with Crippen molar-refractivity contribution in [2.75, 3.05) is 14.2 Å². The Bertz CT molecular complexity index is 492. The van der Waals surface area contributed by atoms with Crippen LogP contribution in [-0.2, 0) is 28.7 Å². The molecule has 0 unspecified atom stereocenters. The van der Waals surface area contributed by atoms with Crippen molar-refractivity contribution < 1.29 is 28.7 Å². The van der Waals surface area contributed by atoms with Crippen molar-refractivity contribution in [3.8, 4) is 0 Å². The molecule has 4 aliphatic carbocycles. The highest BCUT2D eigenvalue weighted by atomic mass is 16.5. The van der Waals surface area contributed by atoms with E-state index in [4.69, 9.17) is 9.47 Å². The number of Topliss-reactive ketones (excluding diaryl/α,β-unsaturated/α-hetero) is 2. The fraction of sp³-hybridized carbons (Fsp3) is 0.714. The van der Waals surface area contributed by atoms with Crippen molar-refractivity contribution in [2.45, 2.75) is 25.7 Å². The predicted octanol–water partition coefficient (Wildman–Crippen LogP) is 0.277. The summed E-state index contributed by atoms with van der Waals surface area (Å²) < 4.78 is 9.55. The lowest BCUT2D eigenvalue weighted by Crippen LogP contribution is -2.67. The van der Waals surface area contributed by atoms with E-state index in [-0.39, 0.29) is 30.8 Å². The van der Waals surface area contributed by atoms with Gasteiger partial charge in [0, 0.05) is 11.8 Å². The number of hydrogen-bond donors (Lipinski definition) is 0. The predicted molar refractivity (Wildman–Crippen MR) is 64.4 cm³/mol. The second-order valence-electron chi connectivity index (χ2n) is 6.09. The summed E-state index contributed by atoms with van der Waals surface area (Å²) in [4.78, 5) is 49.2. The van der Waals surface area contributed by atoms with Crippen LogP contribution in [0.3, 0.4) is 0 Å². The van der Waals surface area contributed by atoms with Crippen molar-refractivity contribution in [3.05, 3.63) is 0 Å². The summed E-state index contributed by atoms with van der Waals surface area (Å²) in [6.45, 7) is 0. The Morgan fingerprint density at radius 2 is 1.35 bits per heavy atom. The molecule has 4 atom stereocenters. The molecule has 108 valence electrons. The second kappa shape index (κ2) is 3.90. The summed E-state index contributed by atoms with van der Waals surface area (Å²) in [6, 6.07) is 0. The maximum atomic E-state index is 12.5. The number of ether oxygens (including phenoxy) is 2. The largest absolute Gasteiger partial charge is 0.468 e. The van der Waals surface area contributed by atoms with Gasteiger partial charge in [-0.05, 0) is 25.7 Å². The molecular formula is C14H16O6. The number of ketones is 2. The van der Waals surface area contributed by atoms with Gasteiger partial charge in [-0.15, -0.1) is 0 Å². The minimum absolute atomic E-state index is 0.0932. The highest BCUT2D eigenvalue weighted by Crippen LogP contribution is 2.62. The Kier molecular flexibility index (Phi) is 2.59. The van der Waals surface area contributed by atoms with Crippen LogP contribution in [0.4, 0.5) is 0 Å². The lowest BCUT2D eigenvalue weighted by molar-refractivity contribution is -0.192. The number of carbonyl (C=O) groups is 4. The average Bonchev–Trinajstić information content (AvgIpc) is 2.44. The van der Waals surface area contributed by atoms with Gasteiger partial charge < -0.3 is 9.47 Å². The van der Waals surface area contributed by atoms with Gasteiger partial charge in [0.25, 0.3) is 0 Å². The molecule has 4 aliphatic rings. The Hall–Kier alpha value is -1.72. The van der Waals surface area contributed by atoms with E-state index in [1.165, 1.54) is 14.2 Å². The highest BCUT2D eigenvalue weighted by Gasteiger charge is 2.72. The number of methoxy groups -OCH3 is 2. The molecule has 20 heavy (non-hydrogen) atoms. The zero-order chi connectivity index (χ0) is 14.7. The normalized spacial score (nSPS) is 41.7. The Morgan fingerprint density at radius 1 is 0.950 bits per heavy atom. The third kappa shape index (κ3) is 1.29. The van der Waals surface area contributed by atoms with Crippen LogP contribution < -0.4 is 0 Å². The summed E-state index contributed by atoms with van der Waals surface area (Å²) in [5.41, 5.74) is -2.66. The van der Waals surface area contributed by atoms with Gasteiger partial charge in [-0.2, -0.15) is 0 Å². The third-order valence-corrected chi connectivity index (χ3v) is 5.20. The van der Waals surface area contributed by atoms with Crippen LogP contribution in [0.1, 0.15) is 25.7 Å². The summed E-state index contributed by atoms with van der Waals surface area (Å²) in [7, 11) is 2.45. The average molecular weight is 280 g/mol. The lowest BCUT2D eigenvalue weighted by Gasteiger charge is -2.56. The van der Waals surface area contributed by atoms with Crippen molar-refractivity contribution >= 4 is 23.5 Å². The molecule has 0 aromatic rings. The Morgan fingerprint density at radius 3 is 1.70 bits per heavy atom. The van der Waals surface area contributed by atoms with E-state index in [1.807, 2.05) is 0 Å². The van der Waals surface area contributed by atoms with Crippen LogP contribution in [0, 0.1) is 22.7 Å². The monoisotopic (exact) mass is 280 g/mol. The van der Waals surface area contributed by atoms with Crippen LogP contribution in [0.25, 0.3) is 0 Å². The van der Waals surface area contributed by atoms with Gasteiger partial charge in [-0.1, -0.05) is 0 Å². The molecule has 4 saturated carbocycles. The van der Waals surface area contributed by atoms with Crippen LogP contribution in [-0.4, -0.2) is 37.7 Å². The molecule has 0 aromatic carbocycles. The van der Waals surface area contributed by atoms with E-state index in [0.717, 1.165) is 0 Å². The summed E-state index contributed by atoms with van der Waals surface area (Å²) in [5, 5.41) is 0. The van der Waals surface area contributed by atoms with Gasteiger partial charge in [0.2, 0.25) is 0 Å². The molecule has 0 aliphatic heterocycles. The molecule has 6 heteroatoms. The zero-order valence-electron chi connectivity index (χ0n) is 11.4. The molecule has 0 radical (unpaired) electrons. The Labute approximate surface area is 115 Å². The van der Waals surface area contributed by atoms with Crippen LogP contribution in [0.5, 0.6) is 0 Å². The number of rotatable bonds is 2. The molecule has 4 rings (SSSR count). The van der Waals surface area contributed by atoms with Gasteiger partial charge >= 0.3 is 11.9 Å². The van der Waals surface area contributed by atoms with Crippen LogP contribution in [0.2, 0.25) is 0 Å². The SMILES string of the molecule is COC(=O)[C@]12C[C@@H]3C[C@H](C[C@](C(=O)OC)(C1)C3=O)C2=O. The van der Waals surface area contributed by atoms with Gasteiger partial charge in [-0.25, -0.2) is 0 Å². The fourth-order valence-electron chi connectivity index (χ4n) is 4.47. The molecule has 4 bridgehead atoms. The molecular weight excluding hydrogens is 264 g/mol. The molecule has 0 amide bonds. The van der Waals surface area contributed by atoms with Crippen molar-refractivity contribution in [1.82, 2.24) is 0 Å². The minimum atomic E-state index is -1.33. The van der Waals surface area contributed by atoms with Crippen LogP contribution >= 0.6 is 0 Å². The van der Waals surface area contributed by atoms with Crippen molar-refractivity contribution in [1.29, 1.82) is 0 Å². The van der Waals surface area contributed by atoms with Gasteiger partial charge in [0.15, 0.2) is 11.6 Å². The lowest BCUT2D eigenvalue weighted by atomic mass is 9.43. The molecule has 0 spiro atoms. The van der Waals surface area contributed by atoms with E-state index in [9.17, 15) is 19.2 Å². The quantitative estimate of drug-likeness (QED) is 0.533. The second-order valence-corrected chi connectivity index (χ2v) is 6.09. The number of hydrogen-bond acceptors (Lipinski definition) is 6. The van der Waals surface area contributed by atoms with E-state index in [2.05, 4.69) is 0 Å². The van der Waals surface area contributed by atoms with Gasteiger partial charge in [0.1, 0.15) is 10.8 Å². The smallest absolute Gasteiger partial charge is 0.319 e. The maximum absolute atomic E-state index is 12.5. The molecule has 6 nitrogen and oxygen atoms in total. The maximum Gasteiger partial charge on any atom is 0.319 e. The first kappa shape index (κ1) is 13.3. The number of esters is 2. The molecule has 0 heterocycles. The van der Waals surface area contributed by atoms with E-state index < -0.39 is 34.6 Å². The fourth-order valence-corrected chi connectivity index (χ4v) is 4.47. The Balaban J connectivity index is 2.13. The summed E-state index contributed by atoms with van der Waals surface area (Å²) >= 11 is 0. The topological polar surface area (TPSA) is 86.7 Å². The first-order chi connectivity index (χ1) is 9.41. The van der Waals surface area contributed by atoms with E-state index >= 15 is 0 Å². The van der Waals surface area contributed by atoms with Crippen LogP contribution in [0.15, 0.2) is 0 Å².